The molecule has 0 aromatic carbocycles. The topological polar surface area (TPSA) is 57.2 Å². The molecule has 6 heteroatoms. The van der Waals surface area contributed by atoms with Gasteiger partial charge in [-0.15, -0.1) is 0 Å². The maximum atomic E-state index is 8.93. The zero-order valence-corrected chi connectivity index (χ0v) is 7.25. The van der Waals surface area contributed by atoms with E-state index in [0.29, 0.717) is 0 Å². The quantitative estimate of drug-likeness (QED) is 0.536. The lowest BCUT2D eigenvalue weighted by molar-refractivity contribution is -0.247. The summed E-state index contributed by atoms with van der Waals surface area (Å²) in [5.41, 5.74) is 0. The lowest BCUT2D eigenvalue weighted by atomic mass is 9.93. The molecule has 5 atom stereocenters. The van der Waals surface area contributed by atoms with E-state index in [1.807, 2.05) is 0 Å². The largest absolute Gasteiger partial charge is 0.394 e. The Hall–Kier alpha value is -0.135. The molecule has 72 valence electrons. The summed E-state index contributed by atoms with van der Waals surface area (Å²) in [4.78, 5) is 0. The molecule has 13 heavy (non-hydrogen) atoms. The normalized spacial score (nSPS) is 49.5. The minimum atomic E-state index is -0.695. The van der Waals surface area contributed by atoms with Gasteiger partial charge in [0.25, 0.3) is 6.48 Å². The summed E-state index contributed by atoms with van der Waals surface area (Å²) in [6.07, 6.45) is -1.09. The minimum Gasteiger partial charge on any atom is -0.394 e. The summed E-state index contributed by atoms with van der Waals surface area (Å²) in [7, 11) is 7.09. The van der Waals surface area contributed by atoms with Crippen molar-refractivity contribution in [3.05, 3.63) is 0 Å². The first-order valence-electron chi connectivity index (χ1n) is 4.12. The summed E-state index contributed by atoms with van der Waals surface area (Å²) >= 11 is 0. The maximum Gasteiger partial charge on any atom is 0.272 e. The van der Waals surface area contributed by atoms with Crippen LogP contribution in [0.25, 0.3) is 0 Å². The first kappa shape index (κ1) is 9.42. The van der Waals surface area contributed by atoms with Gasteiger partial charge in [0.05, 0.1) is 6.61 Å². The predicted octanol–water partition coefficient (Wildman–Crippen LogP) is -1.41. The summed E-state index contributed by atoms with van der Waals surface area (Å²) in [5.74, 6) is 0. The number of methoxy groups -OCH3 is 1. The van der Waals surface area contributed by atoms with Crippen molar-refractivity contribution in [2.45, 2.75) is 30.8 Å². The second kappa shape index (κ2) is 3.55. The molecule has 0 amide bonds. The Morgan fingerprint density at radius 3 is 2.62 bits per heavy atom. The molecule has 1 N–H and O–H groups in total. The molecule has 5 nitrogen and oxygen atoms in total. The third-order valence-corrected chi connectivity index (χ3v) is 2.25. The molecule has 2 saturated heterocycles. The van der Waals surface area contributed by atoms with Crippen LogP contribution in [-0.2, 0) is 18.9 Å². The van der Waals surface area contributed by atoms with Crippen molar-refractivity contribution in [1.82, 2.24) is 0 Å². The predicted molar refractivity (Wildman–Crippen MR) is 42.0 cm³/mol. The highest BCUT2D eigenvalue weighted by atomic mass is 16.9. The van der Waals surface area contributed by atoms with E-state index < -0.39 is 18.6 Å². The third kappa shape index (κ3) is 1.49. The molecule has 0 aromatic rings. The van der Waals surface area contributed by atoms with Crippen LogP contribution in [0.1, 0.15) is 0 Å². The van der Waals surface area contributed by atoms with Crippen molar-refractivity contribution in [3.63, 3.8) is 0 Å². The molecule has 2 radical (unpaired) electrons. The van der Waals surface area contributed by atoms with Crippen LogP contribution in [0.2, 0.25) is 0 Å². The number of fused-ring (bicyclic) bond motifs is 1. The van der Waals surface area contributed by atoms with E-state index in [1.165, 1.54) is 7.11 Å². The summed E-state index contributed by atoms with van der Waals surface area (Å²) in [6, 6.07) is -0.553. The highest BCUT2D eigenvalue weighted by Crippen LogP contribution is 2.32. The first-order chi connectivity index (χ1) is 6.26. The van der Waals surface area contributed by atoms with Crippen molar-refractivity contribution in [3.8, 4) is 0 Å². The number of aliphatic hydroxyl groups excluding tert-OH is 1. The summed E-state index contributed by atoms with van der Waals surface area (Å²) in [6.45, 7) is -0.826. The van der Waals surface area contributed by atoms with Gasteiger partial charge in [0.1, 0.15) is 26.2 Å². The van der Waals surface area contributed by atoms with Gasteiger partial charge in [-0.3, -0.25) is 0 Å². The monoisotopic (exact) mass is 186 g/mol. The number of hydrogen-bond acceptors (Lipinski definition) is 5. The van der Waals surface area contributed by atoms with Crippen LogP contribution in [0.5, 0.6) is 0 Å². The molecule has 2 aliphatic heterocycles. The Kier molecular flexibility index (Phi) is 2.57. The lowest BCUT2D eigenvalue weighted by Crippen LogP contribution is -2.31. The Balaban J connectivity index is 2.03. The maximum absolute atomic E-state index is 8.93. The van der Waals surface area contributed by atoms with Crippen molar-refractivity contribution < 1.29 is 24.1 Å². The Morgan fingerprint density at radius 2 is 2.00 bits per heavy atom. The zero-order chi connectivity index (χ0) is 9.42. The molecule has 0 spiro atoms. The highest BCUT2D eigenvalue weighted by molar-refractivity contribution is 6.11. The van der Waals surface area contributed by atoms with Crippen LogP contribution in [-0.4, -0.2) is 57.5 Å². The Bertz CT molecular complexity index is 190. The third-order valence-electron chi connectivity index (χ3n) is 2.25. The molecule has 2 rings (SSSR count). The van der Waals surface area contributed by atoms with Gasteiger partial charge < -0.3 is 24.1 Å². The highest BCUT2D eigenvalue weighted by Gasteiger charge is 2.50. The van der Waals surface area contributed by atoms with Gasteiger partial charge in [0, 0.05) is 13.1 Å². The number of rotatable bonds is 2. The van der Waals surface area contributed by atoms with E-state index >= 15 is 0 Å². The Labute approximate surface area is 77.3 Å². The van der Waals surface area contributed by atoms with E-state index in [4.69, 9.17) is 31.9 Å². The van der Waals surface area contributed by atoms with E-state index in [9.17, 15) is 0 Å². The van der Waals surface area contributed by atoms with Gasteiger partial charge in [0.15, 0.2) is 0 Å². The van der Waals surface area contributed by atoms with Crippen LogP contribution < -0.4 is 0 Å². The second-order valence-electron chi connectivity index (χ2n) is 3.05. The van der Waals surface area contributed by atoms with E-state index in [2.05, 4.69) is 0 Å². The molecule has 0 bridgehead atoms. The standard InChI is InChI=1S/C7H11BO5/c1-10-7-12-4-3(2-9)11-6(8)5(4)13-7/h3-7,9H,2H2,1H3/t3-,4?,5+,6-,7?/m1/s1. The van der Waals surface area contributed by atoms with Crippen LogP contribution >= 0.6 is 0 Å². The number of ether oxygens (including phenoxy) is 4. The molecule has 0 saturated carbocycles. The fourth-order valence-electron chi connectivity index (χ4n) is 1.62. The molecule has 2 unspecified atom stereocenters. The molecule has 0 aromatic heterocycles. The lowest BCUT2D eigenvalue weighted by Gasteiger charge is -2.15. The molecule has 2 aliphatic rings. The molecule has 2 heterocycles. The SMILES string of the molecule is [B][C@@H]1O[C@H](CO)C2OC(OC)O[C@@H]21. The smallest absolute Gasteiger partial charge is 0.272 e. The summed E-state index contributed by atoms with van der Waals surface area (Å²) in [5, 5.41) is 8.93. The Morgan fingerprint density at radius 1 is 1.31 bits per heavy atom. The van der Waals surface area contributed by atoms with Crippen molar-refractivity contribution >= 4 is 7.85 Å². The fraction of sp³-hybridized carbons (Fsp3) is 1.00. The molecular formula is C7H11BO5. The fourth-order valence-corrected chi connectivity index (χ4v) is 1.62. The average Bonchev–Trinajstić information content (AvgIpc) is 2.66. The number of hydrogen-bond donors (Lipinski definition) is 1. The van der Waals surface area contributed by atoms with Crippen LogP contribution in [0.15, 0.2) is 0 Å². The average molecular weight is 186 g/mol. The minimum absolute atomic E-state index is 0.130. The van der Waals surface area contributed by atoms with Crippen molar-refractivity contribution in [2.75, 3.05) is 13.7 Å². The first-order valence-corrected chi connectivity index (χ1v) is 4.12. The second-order valence-corrected chi connectivity index (χ2v) is 3.05. The number of aliphatic hydroxyl groups is 1. The molecule has 2 fully saturated rings. The van der Waals surface area contributed by atoms with E-state index in [-0.39, 0.29) is 18.8 Å². The zero-order valence-electron chi connectivity index (χ0n) is 7.25. The van der Waals surface area contributed by atoms with E-state index in [0.717, 1.165) is 0 Å². The van der Waals surface area contributed by atoms with Gasteiger partial charge in [-0.2, -0.15) is 0 Å². The van der Waals surface area contributed by atoms with Gasteiger partial charge in [-0.1, -0.05) is 0 Å². The van der Waals surface area contributed by atoms with Gasteiger partial charge >= 0.3 is 0 Å². The van der Waals surface area contributed by atoms with Crippen LogP contribution in [0, 0.1) is 0 Å². The molecular weight excluding hydrogens is 175 g/mol. The van der Waals surface area contributed by atoms with Gasteiger partial charge in [0.2, 0.25) is 0 Å². The van der Waals surface area contributed by atoms with Crippen molar-refractivity contribution in [1.29, 1.82) is 0 Å². The summed E-state index contributed by atoms with van der Waals surface area (Å²) < 4.78 is 20.6. The van der Waals surface area contributed by atoms with Crippen LogP contribution in [0.4, 0.5) is 0 Å². The van der Waals surface area contributed by atoms with E-state index in [1.54, 1.807) is 0 Å². The van der Waals surface area contributed by atoms with Crippen molar-refractivity contribution in [2.24, 2.45) is 0 Å². The molecule has 0 aliphatic carbocycles. The van der Waals surface area contributed by atoms with Gasteiger partial charge in [-0.05, 0) is 0 Å². The van der Waals surface area contributed by atoms with Gasteiger partial charge in [-0.25, -0.2) is 0 Å². The van der Waals surface area contributed by atoms with Crippen LogP contribution in [0.3, 0.4) is 0 Å².